The van der Waals surface area contributed by atoms with Crippen LogP contribution in [0.3, 0.4) is 0 Å². The molecule has 0 amide bonds. The smallest absolute Gasteiger partial charge is 0.120 e. The lowest BCUT2D eigenvalue weighted by Crippen LogP contribution is -2.03. The van der Waals surface area contributed by atoms with Crippen molar-refractivity contribution in [1.29, 1.82) is 0 Å². The van der Waals surface area contributed by atoms with Crippen molar-refractivity contribution in [1.82, 2.24) is 9.78 Å². The van der Waals surface area contributed by atoms with E-state index in [1.54, 1.807) is 4.68 Å². The van der Waals surface area contributed by atoms with E-state index < -0.39 is 6.10 Å². The van der Waals surface area contributed by atoms with E-state index in [9.17, 15) is 5.11 Å². The molecular formula is C16H20N2O2. The molecule has 1 N–H and O–H groups in total. The summed E-state index contributed by atoms with van der Waals surface area (Å²) in [6, 6.07) is 7.73. The minimum atomic E-state index is -0.651. The Balaban J connectivity index is 1.86. The van der Waals surface area contributed by atoms with E-state index in [-0.39, 0.29) is 0 Å². The van der Waals surface area contributed by atoms with Gasteiger partial charge in [0.1, 0.15) is 11.9 Å². The van der Waals surface area contributed by atoms with Crippen LogP contribution in [0.15, 0.2) is 30.5 Å². The number of hydrogen-bond donors (Lipinski definition) is 1. The molecule has 1 saturated carbocycles. The monoisotopic (exact) mass is 272 g/mol. The number of aliphatic hydroxyl groups is 1. The third-order valence-corrected chi connectivity index (χ3v) is 3.57. The Hall–Kier alpha value is -1.81. The summed E-state index contributed by atoms with van der Waals surface area (Å²) in [6.07, 6.45) is 4.68. The molecule has 1 aliphatic rings. The molecule has 4 heteroatoms. The van der Waals surface area contributed by atoms with Crippen molar-refractivity contribution in [3.8, 4) is 5.75 Å². The molecule has 0 saturated heterocycles. The van der Waals surface area contributed by atoms with Gasteiger partial charge in [-0.25, -0.2) is 0 Å². The fraction of sp³-hybridized carbons (Fsp3) is 0.438. The molecule has 1 aromatic heterocycles. The van der Waals surface area contributed by atoms with Crippen molar-refractivity contribution < 1.29 is 9.84 Å². The van der Waals surface area contributed by atoms with E-state index in [0.717, 1.165) is 41.8 Å². The highest BCUT2D eigenvalue weighted by Crippen LogP contribution is 2.30. The van der Waals surface area contributed by atoms with Gasteiger partial charge in [-0.15, -0.1) is 0 Å². The van der Waals surface area contributed by atoms with Gasteiger partial charge in [0.25, 0.3) is 0 Å². The Morgan fingerprint density at radius 2 is 2.25 bits per heavy atom. The van der Waals surface area contributed by atoms with E-state index in [2.05, 4.69) is 5.10 Å². The molecule has 1 heterocycles. The predicted octanol–water partition coefficient (Wildman–Crippen LogP) is 2.61. The van der Waals surface area contributed by atoms with E-state index >= 15 is 0 Å². The van der Waals surface area contributed by atoms with Crippen molar-refractivity contribution in [3.63, 3.8) is 0 Å². The Kier molecular flexibility index (Phi) is 3.49. The minimum absolute atomic E-state index is 0.368. The van der Waals surface area contributed by atoms with Gasteiger partial charge in [-0.1, -0.05) is 19.1 Å². The Labute approximate surface area is 119 Å². The van der Waals surface area contributed by atoms with Crippen molar-refractivity contribution in [3.05, 3.63) is 47.3 Å². The first-order chi connectivity index (χ1) is 9.67. The van der Waals surface area contributed by atoms with Gasteiger partial charge in [0, 0.05) is 18.8 Å². The maximum Gasteiger partial charge on any atom is 0.120 e. The number of aryl methyl sites for hydroxylation is 2. The topological polar surface area (TPSA) is 47.3 Å². The van der Waals surface area contributed by atoms with Crippen LogP contribution in [-0.2, 0) is 13.5 Å². The van der Waals surface area contributed by atoms with Gasteiger partial charge in [-0.05, 0) is 37.0 Å². The second kappa shape index (κ2) is 5.29. The largest absolute Gasteiger partial charge is 0.490 e. The zero-order chi connectivity index (χ0) is 14.1. The molecule has 0 radical (unpaired) electrons. The van der Waals surface area contributed by atoms with Crippen LogP contribution in [-0.4, -0.2) is 21.0 Å². The fourth-order valence-corrected chi connectivity index (χ4v) is 2.37. The van der Waals surface area contributed by atoms with Gasteiger partial charge in [-0.2, -0.15) is 5.10 Å². The number of benzene rings is 1. The molecule has 4 nitrogen and oxygen atoms in total. The van der Waals surface area contributed by atoms with Crippen molar-refractivity contribution in [2.45, 2.75) is 38.4 Å². The summed E-state index contributed by atoms with van der Waals surface area (Å²) in [6.45, 7) is 2.05. The van der Waals surface area contributed by atoms with Crippen LogP contribution in [0.1, 0.15) is 42.7 Å². The summed E-state index contributed by atoms with van der Waals surface area (Å²) in [7, 11) is 1.88. The summed E-state index contributed by atoms with van der Waals surface area (Å²) in [5, 5.41) is 15.0. The van der Waals surface area contributed by atoms with Crippen LogP contribution in [0, 0.1) is 0 Å². The molecule has 106 valence electrons. The summed E-state index contributed by atoms with van der Waals surface area (Å²) in [4.78, 5) is 0. The number of ether oxygens (including phenoxy) is 1. The van der Waals surface area contributed by atoms with Gasteiger partial charge in [0.05, 0.1) is 11.8 Å². The average molecular weight is 272 g/mol. The second-order valence-corrected chi connectivity index (χ2v) is 5.35. The summed E-state index contributed by atoms with van der Waals surface area (Å²) in [5.41, 5.74) is 2.66. The van der Waals surface area contributed by atoms with E-state index in [4.69, 9.17) is 4.74 Å². The third kappa shape index (κ3) is 2.70. The van der Waals surface area contributed by atoms with Crippen molar-refractivity contribution in [2.75, 3.05) is 0 Å². The quantitative estimate of drug-likeness (QED) is 0.910. The Morgan fingerprint density at radius 1 is 1.45 bits per heavy atom. The summed E-state index contributed by atoms with van der Waals surface area (Å²) in [5.74, 6) is 0.839. The molecule has 20 heavy (non-hydrogen) atoms. The Morgan fingerprint density at radius 3 is 2.95 bits per heavy atom. The van der Waals surface area contributed by atoms with Crippen LogP contribution in [0.2, 0.25) is 0 Å². The number of nitrogens with zero attached hydrogens (tertiary/aromatic N) is 2. The van der Waals surface area contributed by atoms with Crippen LogP contribution >= 0.6 is 0 Å². The first-order valence-corrected chi connectivity index (χ1v) is 7.14. The fourth-order valence-electron chi connectivity index (χ4n) is 2.37. The van der Waals surface area contributed by atoms with E-state index in [0.29, 0.717) is 6.10 Å². The molecule has 3 rings (SSSR count). The van der Waals surface area contributed by atoms with E-state index in [1.807, 2.05) is 44.4 Å². The SMILES string of the molecule is CCc1nn(C)cc1C(O)c1cccc(OC2CC2)c1. The van der Waals surface area contributed by atoms with Gasteiger partial charge in [0.15, 0.2) is 0 Å². The maximum absolute atomic E-state index is 10.6. The number of rotatable bonds is 5. The van der Waals surface area contributed by atoms with Crippen LogP contribution in [0.25, 0.3) is 0 Å². The van der Waals surface area contributed by atoms with Crippen molar-refractivity contribution >= 4 is 0 Å². The molecule has 1 unspecified atom stereocenters. The normalized spacial score (nSPS) is 16.1. The zero-order valence-electron chi connectivity index (χ0n) is 11.9. The van der Waals surface area contributed by atoms with Gasteiger partial charge < -0.3 is 9.84 Å². The Bertz CT molecular complexity index is 602. The highest BCUT2D eigenvalue weighted by atomic mass is 16.5. The van der Waals surface area contributed by atoms with Gasteiger partial charge in [0.2, 0.25) is 0 Å². The second-order valence-electron chi connectivity index (χ2n) is 5.35. The molecule has 1 fully saturated rings. The lowest BCUT2D eigenvalue weighted by atomic mass is 10.0. The van der Waals surface area contributed by atoms with E-state index in [1.165, 1.54) is 0 Å². The lowest BCUT2D eigenvalue weighted by molar-refractivity contribution is 0.218. The predicted molar refractivity (Wildman–Crippen MR) is 76.7 cm³/mol. The molecule has 1 aliphatic carbocycles. The first kappa shape index (κ1) is 13.2. The number of aliphatic hydroxyl groups excluding tert-OH is 1. The summed E-state index contributed by atoms with van der Waals surface area (Å²) >= 11 is 0. The highest BCUT2D eigenvalue weighted by molar-refractivity contribution is 5.36. The third-order valence-electron chi connectivity index (χ3n) is 3.57. The molecule has 1 aromatic carbocycles. The van der Waals surface area contributed by atoms with Gasteiger partial charge in [-0.3, -0.25) is 4.68 Å². The average Bonchev–Trinajstić information content (AvgIpc) is 3.18. The molecule has 1 atom stereocenters. The number of aromatic nitrogens is 2. The lowest BCUT2D eigenvalue weighted by Gasteiger charge is -2.12. The highest BCUT2D eigenvalue weighted by Gasteiger charge is 2.24. The minimum Gasteiger partial charge on any atom is -0.490 e. The van der Waals surface area contributed by atoms with Crippen LogP contribution in [0.4, 0.5) is 0 Å². The van der Waals surface area contributed by atoms with Gasteiger partial charge >= 0.3 is 0 Å². The molecule has 2 aromatic rings. The first-order valence-electron chi connectivity index (χ1n) is 7.14. The molecule has 0 bridgehead atoms. The molecular weight excluding hydrogens is 252 g/mol. The number of hydrogen-bond acceptors (Lipinski definition) is 3. The van der Waals surface area contributed by atoms with Crippen LogP contribution in [0.5, 0.6) is 5.75 Å². The standard InChI is InChI=1S/C16H20N2O2/c1-3-15-14(10-18(2)17-15)16(19)11-5-4-6-13(9-11)20-12-7-8-12/h4-6,9-10,12,16,19H,3,7-8H2,1-2H3. The zero-order valence-corrected chi connectivity index (χ0v) is 11.9. The summed E-state index contributed by atoms with van der Waals surface area (Å²) < 4.78 is 7.53. The van der Waals surface area contributed by atoms with Crippen molar-refractivity contribution in [2.24, 2.45) is 7.05 Å². The molecule has 0 aliphatic heterocycles. The van der Waals surface area contributed by atoms with Crippen LogP contribution < -0.4 is 4.74 Å². The molecule has 0 spiro atoms. The maximum atomic E-state index is 10.6.